The van der Waals surface area contributed by atoms with E-state index in [1.807, 2.05) is 0 Å². The molecule has 2 aromatic rings. The van der Waals surface area contributed by atoms with Gasteiger partial charge in [-0.2, -0.15) is 8.42 Å². The molecular formula is C11H10O4S. The van der Waals surface area contributed by atoms with Crippen LogP contribution < -0.4 is 4.74 Å². The lowest BCUT2D eigenvalue weighted by molar-refractivity contribution is 0.419. The monoisotopic (exact) mass is 238 g/mol. The summed E-state index contributed by atoms with van der Waals surface area (Å²) in [6.45, 7) is 0. The third-order valence-corrected chi connectivity index (χ3v) is 3.25. The Morgan fingerprint density at radius 1 is 1.06 bits per heavy atom. The van der Waals surface area contributed by atoms with Crippen LogP contribution in [-0.4, -0.2) is 20.1 Å². The fourth-order valence-electron chi connectivity index (χ4n) is 1.65. The number of fused-ring (bicyclic) bond motifs is 1. The third kappa shape index (κ3) is 1.75. The summed E-state index contributed by atoms with van der Waals surface area (Å²) in [5.41, 5.74) is 0. The number of methoxy groups -OCH3 is 1. The van der Waals surface area contributed by atoms with Gasteiger partial charge in [0.15, 0.2) is 0 Å². The molecule has 0 atom stereocenters. The fourth-order valence-corrected chi connectivity index (χ4v) is 2.34. The van der Waals surface area contributed by atoms with Crippen LogP contribution in [-0.2, 0) is 10.1 Å². The van der Waals surface area contributed by atoms with Gasteiger partial charge in [0, 0.05) is 10.8 Å². The fraction of sp³-hybridized carbons (Fsp3) is 0.0909. The summed E-state index contributed by atoms with van der Waals surface area (Å²) < 4.78 is 36.5. The lowest BCUT2D eigenvalue weighted by Gasteiger charge is -2.08. The van der Waals surface area contributed by atoms with E-state index in [-0.39, 0.29) is 4.90 Å². The molecule has 0 radical (unpaired) electrons. The molecule has 0 saturated carbocycles. The second-order valence-electron chi connectivity index (χ2n) is 3.29. The second-order valence-corrected chi connectivity index (χ2v) is 4.68. The van der Waals surface area contributed by atoms with Gasteiger partial charge in [0.25, 0.3) is 10.1 Å². The zero-order valence-electron chi connectivity index (χ0n) is 8.54. The Morgan fingerprint density at radius 2 is 1.69 bits per heavy atom. The molecule has 84 valence electrons. The van der Waals surface area contributed by atoms with Crippen molar-refractivity contribution in [1.82, 2.24) is 0 Å². The van der Waals surface area contributed by atoms with Gasteiger partial charge >= 0.3 is 0 Å². The lowest BCUT2D eigenvalue weighted by Crippen LogP contribution is -1.99. The minimum absolute atomic E-state index is 0.107. The number of rotatable bonds is 2. The minimum Gasteiger partial charge on any atom is -0.496 e. The maximum Gasteiger partial charge on any atom is 0.295 e. The van der Waals surface area contributed by atoms with Gasteiger partial charge < -0.3 is 4.74 Å². The van der Waals surface area contributed by atoms with Crippen molar-refractivity contribution in [3.8, 4) is 5.75 Å². The average molecular weight is 238 g/mol. The first-order valence-corrected chi connectivity index (χ1v) is 6.01. The first-order chi connectivity index (χ1) is 7.54. The highest BCUT2D eigenvalue weighted by molar-refractivity contribution is 7.86. The van der Waals surface area contributed by atoms with Gasteiger partial charge in [-0.3, -0.25) is 4.55 Å². The number of hydrogen-bond donors (Lipinski definition) is 1. The van der Waals surface area contributed by atoms with E-state index in [1.165, 1.54) is 19.2 Å². The third-order valence-electron chi connectivity index (χ3n) is 2.34. The molecule has 0 amide bonds. The van der Waals surface area contributed by atoms with Gasteiger partial charge in [-0.05, 0) is 12.1 Å². The normalized spacial score (nSPS) is 11.6. The Hall–Kier alpha value is -1.59. The average Bonchev–Trinajstić information content (AvgIpc) is 2.26. The predicted octanol–water partition coefficient (Wildman–Crippen LogP) is 2.10. The zero-order chi connectivity index (χ0) is 11.8. The largest absolute Gasteiger partial charge is 0.496 e. The molecule has 0 heterocycles. The summed E-state index contributed by atoms with van der Waals surface area (Å²) >= 11 is 0. The van der Waals surface area contributed by atoms with E-state index in [9.17, 15) is 8.42 Å². The van der Waals surface area contributed by atoms with E-state index in [1.54, 1.807) is 24.3 Å². The Labute approximate surface area is 93.2 Å². The van der Waals surface area contributed by atoms with E-state index in [0.29, 0.717) is 16.5 Å². The maximum atomic E-state index is 11.2. The van der Waals surface area contributed by atoms with Crippen molar-refractivity contribution in [3.63, 3.8) is 0 Å². The zero-order valence-corrected chi connectivity index (χ0v) is 9.36. The molecule has 0 spiro atoms. The van der Waals surface area contributed by atoms with E-state index in [0.717, 1.165) is 0 Å². The molecule has 1 N–H and O–H groups in total. The second kappa shape index (κ2) is 3.77. The summed E-state index contributed by atoms with van der Waals surface area (Å²) in [4.78, 5) is -0.107. The van der Waals surface area contributed by atoms with Crippen molar-refractivity contribution < 1.29 is 17.7 Å². The van der Waals surface area contributed by atoms with Crippen LogP contribution in [0, 0.1) is 0 Å². The van der Waals surface area contributed by atoms with Gasteiger partial charge in [0.2, 0.25) is 0 Å². The van der Waals surface area contributed by atoms with Crippen molar-refractivity contribution >= 4 is 20.9 Å². The Kier molecular flexibility index (Phi) is 2.57. The van der Waals surface area contributed by atoms with E-state index in [2.05, 4.69) is 0 Å². The first-order valence-electron chi connectivity index (χ1n) is 4.57. The quantitative estimate of drug-likeness (QED) is 0.814. The Bertz CT molecular complexity index is 631. The van der Waals surface area contributed by atoms with E-state index >= 15 is 0 Å². The molecule has 4 nitrogen and oxygen atoms in total. The van der Waals surface area contributed by atoms with Crippen LogP contribution in [0.4, 0.5) is 0 Å². The SMILES string of the molecule is COc1ccc(S(=O)(=O)O)c2ccccc12. The molecule has 2 aromatic carbocycles. The van der Waals surface area contributed by atoms with Crippen LogP contribution in [0.5, 0.6) is 5.75 Å². The molecule has 16 heavy (non-hydrogen) atoms. The van der Waals surface area contributed by atoms with Crippen LogP contribution in [0.1, 0.15) is 0 Å². The first kappa shape index (κ1) is 10.9. The van der Waals surface area contributed by atoms with Crippen molar-refractivity contribution in [2.24, 2.45) is 0 Å². The Morgan fingerprint density at radius 3 is 2.25 bits per heavy atom. The van der Waals surface area contributed by atoms with Crippen LogP contribution in [0.25, 0.3) is 10.8 Å². The summed E-state index contributed by atoms with van der Waals surface area (Å²) in [6, 6.07) is 9.70. The molecule has 0 unspecified atom stereocenters. The van der Waals surface area contributed by atoms with Gasteiger partial charge in [0.05, 0.1) is 7.11 Å². The summed E-state index contributed by atoms with van der Waals surface area (Å²) in [5.74, 6) is 0.572. The van der Waals surface area contributed by atoms with Gasteiger partial charge in [-0.25, -0.2) is 0 Å². The molecule has 0 saturated heterocycles. The van der Waals surface area contributed by atoms with Crippen LogP contribution in [0.3, 0.4) is 0 Å². The molecule has 0 aliphatic heterocycles. The van der Waals surface area contributed by atoms with Crippen molar-refractivity contribution in [2.75, 3.05) is 7.11 Å². The van der Waals surface area contributed by atoms with Gasteiger partial charge in [0.1, 0.15) is 10.6 Å². The topological polar surface area (TPSA) is 63.6 Å². The van der Waals surface area contributed by atoms with Gasteiger partial charge in [-0.1, -0.05) is 24.3 Å². The molecule has 0 fully saturated rings. The molecule has 5 heteroatoms. The number of hydrogen-bond acceptors (Lipinski definition) is 3. The predicted molar refractivity (Wildman–Crippen MR) is 60.3 cm³/mol. The molecule has 0 aromatic heterocycles. The maximum absolute atomic E-state index is 11.2. The molecule has 0 aliphatic rings. The molecule has 2 rings (SSSR count). The highest BCUT2D eigenvalue weighted by Crippen LogP contribution is 2.30. The highest BCUT2D eigenvalue weighted by Gasteiger charge is 2.15. The standard InChI is InChI=1S/C11H10O4S/c1-15-10-6-7-11(16(12,13)14)9-5-3-2-4-8(9)10/h2-7H,1H3,(H,12,13,14). The van der Waals surface area contributed by atoms with Gasteiger partial charge in [-0.15, -0.1) is 0 Å². The van der Waals surface area contributed by atoms with E-state index < -0.39 is 10.1 Å². The smallest absolute Gasteiger partial charge is 0.295 e. The van der Waals surface area contributed by atoms with Crippen LogP contribution >= 0.6 is 0 Å². The van der Waals surface area contributed by atoms with Crippen molar-refractivity contribution in [2.45, 2.75) is 4.90 Å². The minimum atomic E-state index is -4.21. The van der Waals surface area contributed by atoms with Crippen LogP contribution in [0.2, 0.25) is 0 Å². The van der Waals surface area contributed by atoms with Crippen LogP contribution in [0.15, 0.2) is 41.3 Å². The lowest BCUT2D eigenvalue weighted by atomic mass is 10.1. The number of ether oxygens (including phenoxy) is 1. The highest BCUT2D eigenvalue weighted by atomic mass is 32.2. The molecule has 0 aliphatic carbocycles. The van der Waals surface area contributed by atoms with Crippen molar-refractivity contribution in [3.05, 3.63) is 36.4 Å². The summed E-state index contributed by atoms with van der Waals surface area (Å²) in [6.07, 6.45) is 0. The van der Waals surface area contributed by atoms with Crippen molar-refractivity contribution in [1.29, 1.82) is 0 Å². The summed E-state index contributed by atoms with van der Waals surface area (Å²) in [7, 11) is -2.70. The molecule has 0 bridgehead atoms. The van der Waals surface area contributed by atoms with E-state index in [4.69, 9.17) is 9.29 Å². The molecular weight excluding hydrogens is 228 g/mol. The summed E-state index contributed by atoms with van der Waals surface area (Å²) in [5, 5.41) is 1.10. The number of benzene rings is 2. The Balaban J connectivity index is 2.91.